The summed E-state index contributed by atoms with van der Waals surface area (Å²) in [5, 5.41) is 13.2. The Bertz CT molecular complexity index is 1810. The van der Waals surface area contributed by atoms with E-state index < -0.39 is 18.0 Å². The van der Waals surface area contributed by atoms with E-state index >= 15 is 0 Å². The number of fused-ring (bicyclic) bond motifs is 2. The van der Waals surface area contributed by atoms with Crippen LogP contribution in [0.25, 0.3) is 27.8 Å². The Morgan fingerprint density at radius 3 is 2.59 bits per heavy atom. The van der Waals surface area contributed by atoms with Crippen molar-refractivity contribution in [2.45, 2.75) is 51.3 Å². The summed E-state index contributed by atoms with van der Waals surface area (Å²) in [5.74, 6) is -0.417. The van der Waals surface area contributed by atoms with E-state index in [0.29, 0.717) is 36.4 Å². The molecule has 1 aliphatic carbocycles. The number of aliphatic hydroxyl groups is 1. The van der Waals surface area contributed by atoms with Crippen molar-refractivity contribution in [3.05, 3.63) is 87.3 Å². The van der Waals surface area contributed by atoms with Gasteiger partial charge in [-0.2, -0.15) is 0 Å². The van der Waals surface area contributed by atoms with Crippen molar-refractivity contribution in [1.29, 1.82) is 0 Å². The summed E-state index contributed by atoms with van der Waals surface area (Å²) in [4.78, 5) is 37.7. The van der Waals surface area contributed by atoms with Gasteiger partial charge < -0.3 is 15.4 Å². The van der Waals surface area contributed by atoms with Gasteiger partial charge in [0.2, 0.25) is 0 Å². The van der Waals surface area contributed by atoms with Gasteiger partial charge in [0.25, 0.3) is 12.3 Å². The van der Waals surface area contributed by atoms with E-state index in [0.717, 1.165) is 35.5 Å². The van der Waals surface area contributed by atoms with Crippen molar-refractivity contribution < 1.29 is 18.7 Å². The number of aromatic nitrogens is 5. The summed E-state index contributed by atoms with van der Waals surface area (Å²) in [5.41, 5.74) is 2.51. The van der Waals surface area contributed by atoms with Crippen molar-refractivity contribution in [2.24, 2.45) is 5.92 Å². The van der Waals surface area contributed by atoms with Crippen molar-refractivity contribution in [1.82, 2.24) is 29.4 Å². The highest BCUT2D eigenvalue weighted by atomic mass is 35.5. The molecule has 0 bridgehead atoms. The molecule has 4 aromatic heterocycles. The number of carbonyl (C=O) groups is 1. The smallest absolute Gasteiger partial charge is 0.333 e. The van der Waals surface area contributed by atoms with Gasteiger partial charge in [0.05, 0.1) is 40.1 Å². The molecule has 1 fully saturated rings. The van der Waals surface area contributed by atoms with Crippen LogP contribution in [0.2, 0.25) is 5.02 Å². The maximum Gasteiger partial charge on any atom is 0.333 e. The number of nitrogens with one attached hydrogen (secondary N) is 2. The first kappa shape index (κ1) is 27.1. The average molecular weight is 581 g/mol. The van der Waals surface area contributed by atoms with Crippen LogP contribution < -0.4 is 11.0 Å². The van der Waals surface area contributed by atoms with Crippen LogP contribution in [0.4, 0.5) is 8.78 Å². The molecular formula is C29H27ClF2N6O3. The number of H-pyrrole nitrogens is 1. The van der Waals surface area contributed by atoms with E-state index in [1.54, 1.807) is 15.3 Å². The molecule has 0 aliphatic heterocycles. The number of alkyl halides is 2. The highest BCUT2D eigenvalue weighted by Gasteiger charge is 2.27. The Morgan fingerprint density at radius 2 is 1.85 bits per heavy atom. The standard InChI is InChI=1S/C29H27ClF2N6O3/c30-18-11-22(25(26(31)32)33-12-18)28(40)36-19-7-5-16(6-8-19)14-37-23-3-1-2-4-24(23)38(29(37)41)21-10-17-9-20(15-39)35-27(17)34-13-21/h1-4,9-13,16,19,26,39H,5-8,14-15H2,(H,34,35)(H,36,40)/t16-,19-. The number of carbonyl (C=O) groups excluding carboxylic acids is 1. The van der Waals surface area contributed by atoms with E-state index in [2.05, 4.69) is 20.3 Å². The van der Waals surface area contributed by atoms with E-state index in [9.17, 15) is 23.5 Å². The predicted molar refractivity (Wildman–Crippen MR) is 151 cm³/mol. The number of para-hydroxylation sites is 2. The van der Waals surface area contributed by atoms with Crippen LogP contribution in [-0.2, 0) is 13.2 Å². The second kappa shape index (κ2) is 11.1. The molecule has 41 heavy (non-hydrogen) atoms. The molecular weight excluding hydrogens is 554 g/mol. The molecule has 1 saturated carbocycles. The summed E-state index contributed by atoms with van der Waals surface area (Å²) in [7, 11) is 0. The van der Waals surface area contributed by atoms with Gasteiger partial charge in [-0.05, 0) is 61.9 Å². The summed E-state index contributed by atoms with van der Waals surface area (Å²) in [6.07, 6.45) is 2.68. The van der Waals surface area contributed by atoms with Crippen LogP contribution in [0.15, 0.2) is 59.7 Å². The number of benzene rings is 1. The second-order valence-electron chi connectivity index (χ2n) is 10.4. The Hall–Kier alpha value is -4.09. The minimum Gasteiger partial charge on any atom is -0.390 e. The van der Waals surface area contributed by atoms with Crippen LogP contribution in [-0.4, -0.2) is 41.1 Å². The monoisotopic (exact) mass is 580 g/mol. The van der Waals surface area contributed by atoms with Gasteiger partial charge in [-0.3, -0.25) is 18.9 Å². The van der Waals surface area contributed by atoms with E-state index in [1.165, 1.54) is 6.07 Å². The predicted octanol–water partition coefficient (Wildman–Crippen LogP) is 5.14. The van der Waals surface area contributed by atoms with E-state index in [-0.39, 0.29) is 34.8 Å². The van der Waals surface area contributed by atoms with Gasteiger partial charge in [0.15, 0.2) is 0 Å². The zero-order chi connectivity index (χ0) is 28.7. The number of halogens is 3. The first-order valence-corrected chi connectivity index (χ1v) is 13.7. The molecule has 1 aliphatic rings. The SMILES string of the molecule is O=C(N[C@H]1CC[C@H](Cn2c(=O)n(-c3cnc4[nH]c(CO)cc4c3)c3ccccc32)CC1)c1cc(Cl)cnc1C(F)F. The van der Waals surface area contributed by atoms with Crippen LogP contribution in [0.1, 0.15) is 53.9 Å². The first-order chi connectivity index (χ1) is 19.8. The summed E-state index contributed by atoms with van der Waals surface area (Å²) in [6.45, 7) is 0.376. The first-order valence-electron chi connectivity index (χ1n) is 13.4. The third-order valence-electron chi connectivity index (χ3n) is 7.73. The quantitative estimate of drug-likeness (QED) is 0.246. The molecule has 6 rings (SSSR count). The summed E-state index contributed by atoms with van der Waals surface area (Å²) < 4.78 is 30.2. The topological polar surface area (TPSA) is 118 Å². The second-order valence-corrected chi connectivity index (χ2v) is 10.8. The van der Waals surface area contributed by atoms with Gasteiger partial charge in [-0.15, -0.1) is 0 Å². The number of hydrogen-bond acceptors (Lipinski definition) is 5. The van der Waals surface area contributed by atoms with E-state index in [4.69, 9.17) is 11.6 Å². The third-order valence-corrected chi connectivity index (χ3v) is 7.94. The molecule has 0 radical (unpaired) electrons. The van der Waals surface area contributed by atoms with Gasteiger partial charge in [0, 0.05) is 29.9 Å². The number of pyridine rings is 2. The Kier molecular flexibility index (Phi) is 7.31. The minimum atomic E-state index is -2.89. The van der Waals surface area contributed by atoms with Crippen molar-refractivity contribution in [3.63, 3.8) is 0 Å². The summed E-state index contributed by atoms with van der Waals surface area (Å²) in [6, 6.07) is 12.3. The number of nitrogens with zero attached hydrogens (tertiary/aromatic N) is 4. The van der Waals surface area contributed by atoms with Crippen LogP contribution in [0, 0.1) is 5.92 Å². The number of rotatable bonds is 7. The molecule has 1 amide bonds. The highest BCUT2D eigenvalue weighted by Crippen LogP contribution is 2.29. The summed E-state index contributed by atoms with van der Waals surface area (Å²) >= 11 is 5.90. The van der Waals surface area contributed by atoms with Gasteiger partial charge in [-0.25, -0.2) is 18.6 Å². The Balaban J connectivity index is 1.19. The Labute approximate surface area is 237 Å². The number of aliphatic hydroxyl groups excluding tert-OH is 1. The van der Waals surface area contributed by atoms with Gasteiger partial charge in [0.1, 0.15) is 11.3 Å². The minimum absolute atomic E-state index is 0.117. The van der Waals surface area contributed by atoms with Crippen LogP contribution >= 0.6 is 11.6 Å². The number of imidazole rings is 1. The lowest BCUT2D eigenvalue weighted by Crippen LogP contribution is -2.39. The molecule has 5 aromatic rings. The molecule has 0 atom stereocenters. The molecule has 0 saturated heterocycles. The highest BCUT2D eigenvalue weighted by molar-refractivity contribution is 6.30. The van der Waals surface area contributed by atoms with Crippen LogP contribution in [0.3, 0.4) is 0 Å². The molecule has 9 nitrogen and oxygen atoms in total. The lowest BCUT2D eigenvalue weighted by atomic mass is 9.85. The fraction of sp³-hybridized carbons (Fsp3) is 0.310. The van der Waals surface area contributed by atoms with Crippen molar-refractivity contribution in [3.8, 4) is 5.69 Å². The van der Waals surface area contributed by atoms with Crippen molar-refractivity contribution >= 4 is 39.6 Å². The third kappa shape index (κ3) is 5.22. The fourth-order valence-electron chi connectivity index (χ4n) is 5.72. The maximum absolute atomic E-state index is 13.8. The number of aromatic amines is 1. The largest absolute Gasteiger partial charge is 0.390 e. The van der Waals surface area contributed by atoms with Crippen molar-refractivity contribution in [2.75, 3.05) is 0 Å². The van der Waals surface area contributed by atoms with Crippen LogP contribution in [0.5, 0.6) is 0 Å². The molecule has 0 spiro atoms. The van der Waals surface area contributed by atoms with Gasteiger partial charge >= 0.3 is 5.69 Å². The molecule has 4 heterocycles. The molecule has 1 aromatic carbocycles. The molecule has 212 valence electrons. The molecule has 0 unspecified atom stereocenters. The Morgan fingerprint density at radius 1 is 1.10 bits per heavy atom. The average Bonchev–Trinajstić information content (AvgIpc) is 3.51. The molecule has 12 heteroatoms. The zero-order valence-corrected chi connectivity index (χ0v) is 22.6. The number of amides is 1. The fourth-order valence-corrected chi connectivity index (χ4v) is 5.88. The van der Waals surface area contributed by atoms with E-state index in [1.807, 2.05) is 36.4 Å². The normalized spacial score (nSPS) is 17.5. The van der Waals surface area contributed by atoms with Gasteiger partial charge in [-0.1, -0.05) is 23.7 Å². The lowest BCUT2D eigenvalue weighted by molar-refractivity contribution is 0.0904. The lowest BCUT2D eigenvalue weighted by Gasteiger charge is -2.29. The zero-order valence-electron chi connectivity index (χ0n) is 21.9. The molecule has 3 N–H and O–H groups in total. The number of hydrogen-bond donors (Lipinski definition) is 3. The maximum atomic E-state index is 13.8.